The SMILES string of the molecule is CC(C)(C)OC(=O)N[C@@H]1CCCCC/C=C\[C@H]2C[C@]2(C(=O)O)NC(=O)[C@@H]2C[C@H](n3nnc(-c4ccc(OCC5CC5)c(Cl)c4)n3)CN2C1=O. The number of amides is 3. The summed E-state index contributed by atoms with van der Waals surface area (Å²) >= 11 is 6.49. The number of nitrogens with zero attached hydrogens (tertiary/aromatic N) is 5. The Morgan fingerprint density at radius 1 is 1.16 bits per heavy atom. The fraction of sp³-hybridized carbons (Fsp3) is 0.618. The smallest absolute Gasteiger partial charge is 0.408 e. The van der Waals surface area contributed by atoms with Crippen LogP contribution in [0.25, 0.3) is 11.4 Å². The quantitative estimate of drug-likeness (QED) is 0.354. The molecule has 0 bridgehead atoms. The number of rotatable bonds is 7. The average molecular weight is 698 g/mol. The second-order valence-electron chi connectivity index (χ2n) is 14.6. The zero-order valence-electron chi connectivity index (χ0n) is 28.1. The number of nitrogens with one attached hydrogen (secondary N) is 2. The minimum Gasteiger partial charge on any atom is -0.492 e. The standard InChI is InChI=1S/C34H44ClN7O7/c1-33(2,3)49-32(47)36-25-10-8-6-4-5-7-9-22-17-34(22,31(45)46)37-29(43)26-16-23(18-41(26)30(25)44)42-39-28(38-40-42)21-13-14-27(24(35)15-21)48-19-20-11-12-20/h7,9,13-15,20,22-23,25-26H,4-6,8,10-12,16-19H2,1-3H3,(H,36,47)(H,37,43)(H,45,46)/b9-7-/t22-,23-,25+,26-,34-/m0/s1. The van der Waals surface area contributed by atoms with Crippen molar-refractivity contribution in [1.82, 2.24) is 35.7 Å². The number of fused-ring (bicyclic) bond motifs is 2. The molecular weight excluding hydrogens is 654 g/mol. The van der Waals surface area contributed by atoms with Crippen LogP contribution in [0.15, 0.2) is 30.4 Å². The van der Waals surface area contributed by atoms with E-state index in [1.807, 2.05) is 12.2 Å². The molecular formula is C34H44ClN7O7. The number of halogens is 1. The van der Waals surface area contributed by atoms with E-state index in [0.29, 0.717) is 47.5 Å². The van der Waals surface area contributed by atoms with Crippen LogP contribution in [0, 0.1) is 11.8 Å². The first-order chi connectivity index (χ1) is 23.3. The van der Waals surface area contributed by atoms with Crippen LogP contribution in [0.3, 0.4) is 0 Å². The summed E-state index contributed by atoms with van der Waals surface area (Å²) in [4.78, 5) is 56.2. The molecule has 3 amide bonds. The highest BCUT2D eigenvalue weighted by atomic mass is 35.5. The summed E-state index contributed by atoms with van der Waals surface area (Å²) in [7, 11) is 0. The predicted octanol–water partition coefficient (Wildman–Crippen LogP) is 4.30. The van der Waals surface area contributed by atoms with Crippen LogP contribution in [-0.2, 0) is 19.1 Å². The van der Waals surface area contributed by atoms with Crippen molar-refractivity contribution in [3.63, 3.8) is 0 Å². The molecule has 1 aromatic heterocycles. The lowest BCUT2D eigenvalue weighted by atomic mass is 10.0. The van der Waals surface area contributed by atoms with Gasteiger partial charge >= 0.3 is 12.1 Å². The lowest BCUT2D eigenvalue weighted by molar-refractivity contribution is -0.145. The molecule has 2 aliphatic carbocycles. The summed E-state index contributed by atoms with van der Waals surface area (Å²) in [5.41, 5.74) is -1.60. The molecule has 264 valence electrons. The van der Waals surface area contributed by atoms with Crippen molar-refractivity contribution >= 4 is 35.5 Å². The van der Waals surface area contributed by atoms with E-state index in [1.165, 1.54) is 9.70 Å². The number of carboxylic acids is 1. The fourth-order valence-electron chi connectivity index (χ4n) is 6.44. The van der Waals surface area contributed by atoms with Gasteiger partial charge in [-0.15, -0.1) is 10.2 Å². The van der Waals surface area contributed by atoms with Gasteiger partial charge in [0.1, 0.15) is 29.0 Å². The molecule has 0 unspecified atom stereocenters. The highest BCUT2D eigenvalue weighted by molar-refractivity contribution is 6.32. The van der Waals surface area contributed by atoms with E-state index in [0.717, 1.165) is 32.1 Å². The Hall–Kier alpha value is -4.20. The molecule has 4 aliphatic rings. The number of hydrogen-bond acceptors (Lipinski definition) is 9. The van der Waals surface area contributed by atoms with Gasteiger partial charge in [-0.1, -0.05) is 36.6 Å². The fourth-order valence-corrected chi connectivity index (χ4v) is 6.67. The van der Waals surface area contributed by atoms with Gasteiger partial charge in [-0.05, 0) is 88.6 Å². The number of ether oxygens (including phenoxy) is 2. The van der Waals surface area contributed by atoms with Gasteiger partial charge in [0.15, 0.2) is 0 Å². The van der Waals surface area contributed by atoms with Crippen molar-refractivity contribution in [2.75, 3.05) is 13.2 Å². The lowest BCUT2D eigenvalue weighted by Gasteiger charge is -2.30. The molecule has 49 heavy (non-hydrogen) atoms. The number of carboxylic acid groups (broad SMARTS) is 1. The number of benzene rings is 1. The van der Waals surface area contributed by atoms with Crippen LogP contribution < -0.4 is 15.4 Å². The maximum absolute atomic E-state index is 14.2. The molecule has 2 aliphatic heterocycles. The first kappa shape index (κ1) is 34.7. The molecule has 15 heteroatoms. The topological polar surface area (TPSA) is 178 Å². The molecule has 5 atom stereocenters. The maximum atomic E-state index is 14.2. The molecule has 0 spiro atoms. The van der Waals surface area contributed by atoms with Gasteiger partial charge in [0, 0.05) is 24.4 Å². The number of carbonyl (C=O) groups excluding carboxylic acids is 3. The van der Waals surface area contributed by atoms with Crippen molar-refractivity contribution in [3.05, 3.63) is 35.4 Å². The Morgan fingerprint density at radius 2 is 1.96 bits per heavy atom. The largest absolute Gasteiger partial charge is 0.492 e. The number of carbonyl (C=O) groups is 4. The highest BCUT2D eigenvalue weighted by Gasteiger charge is 2.61. The van der Waals surface area contributed by atoms with Gasteiger partial charge < -0.3 is 30.1 Å². The summed E-state index contributed by atoms with van der Waals surface area (Å²) in [5, 5.41) is 29.1. The van der Waals surface area contributed by atoms with Gasteiger partial charge in [-0.3, -0.25) is 9.59 Å². The molecule has 2 aromatic rings. The predicted molar refractivity (Wildman–Crippen MR) is 178 cm³/mol. The van der Waals surface area contributed by atoms with Gasteiger partial charge in [0.05, 0.1) is 17.7 Å². The van der Waals surface area contributed by atoms with Crippen LogP contribution in [0.4, 0.5) is 4.79 Å². The van der Waals surface area contributed by atoms with Crippen LogP contribution in [-0.4, -0.2) is 90.5 Å². The molecule has 3 N–H and O–H groups in total. The monoisotopic (exact) mass is 697 g/mol. The van der Waals surface area contributed by atoms with Crippen molar-refractivity contribution < 1.29 is 33.8 Å². The van der Waals surface area contributed by atoms with E-state index in [2.05, 4.69) is 26.0 Å². The van der Waals surface area contributed by atoms with Crippen molar-refractivity contribution in [2.45, 2.75) is 108 Å². The van der Waals surface area contributed by atoms with Crippen LogP contribution in [0.1, 0.15) is 84.6 Å². The van der Waals surface area contributed by atoms with E-state index >= 15 is 0 Å². The molecule has 1 saturated heterocycles. The van der Waals surface area contributed by atoms with Gasteiger partial charge in [-0.25, -0.2) is 9.59 Å². The summed E-state index contributed by atoms with van der Waals surface area (Å²) in [6, 6.07) is 2.71. The molecule has 2 saturated carbocycles. The molecule has 3 heterocycles. The summed E-state index contributed by atoms with van der Waals surface area (Å²) < 4.78 is 11.3. The van der Waals surface area contributed by atoms with Gasteiger partial charge in [0.2, 0.25) is 17.6 Å². The first-order valence-corrected chi connectivity index (χ1v) is 17.4. The normalized spacial score (nSPS) is 28.3. The molecule has 3 fully saturated rings. The Bertz CT molecular complexity index is 1620. The highest BCUT2D eigenvalue weighted by Crippen LogP contribution is 2.45. The number of aromatic nitrogens is 4. The van der Waals surface area contributed by atoms with E-state index in [4.69, 9.17) is 21.1 Å². The number of tetrazole rings is 1. The second-order valence-corrected chi connectivity index (χ2v) is 15.0. The van der Waals surface area contributed by atoms with E-state index in [9.17, 15) is 24.3 Å². The van der Waals surface area contributed by atoms with Crippen LogP contribution in [0.5, 0.6) is 5.75 Å². The molecule has 1 aromatic carbocycles. The van der Waals surface area contributed by atoms with E-state index < -0.39 is 53.1 Å². The summed E-state index contributed by atoms with van der Waals surface area (Å²) in [6.45, 7) is 5.86. The lowest BCUT2D eigenvalue weighted by Crippen LogP contribution is -2.56. The van der Waals surface area contributed by atoms with Crippen LogP contribution in [0.2, 0.25) is 5.02 Å². The summed E-state index contributed by atoms with van der Waals surface area (Å²) in [6.07, 6.45) is 9.13. The number of aliphatic carboxylic acids is 1. The minimum atomic E-state index is -1.44. The maximum Gasteiger partial charge on any atom is 0.408 e. The average Bonchev–Trinajstić information content (AvgIpc) is 3.87. The second kappa shape index (κ2) is 14.0. The zero-order valence-corrected chi connectivity index (χ0v) is 28.8. The Balaban J connectivity index is 1.25. The van der Waals surface area contributed by atoms with Crippen molar-refractivity contribution in [1.29, 1.82) is 0 Å². The zero-order chi connectivity index (χ0) is 34.9. The third-order valence-corrected chi connectivity index (χ3v) is 9.74. The molecule has 0 radical (unpaired) electrons. The Labute approximate surface area is 289 Å². The Kier molecular flexibility index (Phi) is 9.88. The molecule has 6 rings (SSSR count). The third kappa shape index (κ3) is 8.17. The first-order valence-electron chi connectivity index (χ1n) is 17.1. The summed E-state index contributed by atoms with van der Waals surface area (Å²) in [5.74, 6) is -1.07. The van der Waals surface area contributed by atoms with Crippen molar-refractivity contribution in [3.8, 4) is 17.1 Å². The van der Waals surface area contributed by atoms with Crippen LogP contribution >= 0.6 is 11.6 Å². The number of hydrogen-bond donors (Lipinski definition) is 3. The van der Waals surface area contributed by atoms with E-state index in [-0.39, 0.29) is 25.3 Å². The van der Waals surface area contributed by atoms with Gasteiger partial charge in [-0.2, -0.15) is 4.80 Å². The minimum absolute atomic E-state index is 0.0390. The van der Waals surface area contributed by atoms with Crippen molar-refractivity contribution in [2.24, 2.45) is 11.8 Å². The molecule has 14 nitrogen and oxygen atoms in total. The Morgan fingerprint density at radius 3 is 2.67 bits per heavy atom. The van der Waals surface area contributed by atoms with Gasteiger partial charge in [0.25, 0.3) is 0 Å². The van der Waals surface area contributed by atoms with E-state index in [1.54, 1.807) is 39.0 Å². The third-order valence-electron chi connectivity index (χ3n) is 9.44. The number of alkyl carbamates (subject to hydrolysis) is 1. The number of allylic oxidation sites excluding steroid dienone is 1.